The lowest BCUT2D eigenvalue weighted by Crippen LogP contribution is -2.20. The summed E-state index contributed by atoms with van der Waals surface area (Å²) in [5, 5.41) is 4.98. The lowest BCUT2D eigenvalue weighted by molar-refractivity contribution is 0.0719. The Kier molecular flexibility index (Phi) is 6.26. The highest BCUT2D eigenvalue weighted by Crippen LogP contribution is 1.93. The van der Waals surface area contributed by atoms with Crippen LogP contribution >= 0.6 is 11.3 Å². The van der Waals surface area contributed by atoms with E-state index < -0.39 is 0 Å². The van der Waals surface area contributed by atoms with Crippen LogP contribution in [0.2, 0.25) is 0 Å². The normalized spacial score (nSPS) is 10.7. The molecule has 0 atom stereocenters. The maximum absolute atomic E-state index is 10.8. The molecule has 2 N–H and O–H groups in total. The second-order valence-electron chi connectivity index (χ2n) is 2.96. The van der Waals surface area contributed by atoms with E-state index in [0.29, 0.717) is 26.4 Å². The van der Waals surface area contributed by atoms with Crippen LogP contribution in [-0.4, -0.2) is 38.5 Å². The van der Waals surface area contributed by atoms with Gasteiger partial charge in [0.2, 0.25) is 0 Å². The van der Waals surface area contributed by atoms with Gasteiger partial charge in [0, 0.05) is 31.3 Å². The van der Waals surface area contributed by atoms with Crippen molar-refractivity contribution in [3.05, 3.63) is 20.7 Å². The van der Waals surface area contributed by atoms with E-state index in [-0.39, 0.29) is 4.87 Å². The van der Waals surface area contributed by atoms with E-state index in [2.05, 4.69) is 10.3 Å². The number of aromatic amines is 1. The molecule has 0 aliphatic carbocycles. The van der Waals surface area contributed by atoms with Crippen LogP contribution in [0.5, 0.6) is 0 Å². The highest BCUT2D eigenvalue weighted by Gasteiger charge is 1.95. The van der Waals surface area contributed by atoms with Crippen LogP contribution in [0, 0.1) is 0 Å². The van der Waals surface area contributed by atoms with Crippen LogP contribution in [0.1, 0.15) is 5.69 Å². The molecule has 0 spiro atoms. The second-order valence-corrected chi connectivity index (χ2v) is 3.80. The molecule has 0 amide bonds. The predicted molar refractivity (Wildman–Crippen MR) is 59.3 cm³/mol. The summed E-state index contributed by atoms with van der Waals surface area (Å²) in [6, 6.07) is 0. The Bertz CT molecular complexity index is 310. The first kappa shape index (κ1) is 12.4. The third-order valence-electron chi connectivity index (χ3n) is 1.74. The number of H-pyrrole nitrogens is 1. The molecule has 0 aliphatic heterocycles. The molecule has 1 heterocycles. The Hall–Kier alpha value is -0.690. The van der Waals surface area contributed by atoms with Crippen molar-refractivity contribution in [2.24, 2.45) is 0 Å². The Morgan fingerprint density at radius 2 is 2.33 bits per heavy atom. The molecule has 6 heteroatoms. The summed E-state index contributed by atoms with van der Waals surface area (Å²) >= 11 is 1.18. The van der Waals surface area contributed by atoms with Gasteiger partial charge in [-0.15, -0.1) is 0 Å². The molecule has 0 unspecified atom stereocenters. The maximum atomic E-state index is 10.8. The number of hydrogen-bond donors (Lipinski definition) is 2. The van der Waals surface area contributed by atoms with Gasteiger partial charge in [-0.2, -0.15) is 0 Å². The van der Waals surface area contributed by atoms with Gasteiger partial charge in [-0.3, -0.25) is 4.79 Å². The molecule has 5 nitrogen and oxygen atoms in total. The van der Waals surface area contributed by atoms with Gasteiger partial charge < -0.3 is 19.8 Å². The summed E-state index contributed by atoms with van der Waals surface area (Å²) in [4.78, 5) is 13.5. The van der Waals surface area contributed by atoms with E-state index in [4.69, 9.17) is 9.47 Å². The zero-order valence-electron chi connectivity index (χ0n) is 8.75. The van der Waals surface area contributed by atoms with Gasteiger partial charge >= 0.3 is 4.87 Å². The number of rotatable bonds is 8. The van der Waals surface area contributed by atoms with Crippen LogP contribution in [0.4, 0.5) is 0 Å². The fraction of sp³-hybridized carbons (Fsp3) is 0.667. The number of nitrogens with one attached hydrogen (secondary N) is 2. The molecule has 0 radical (unpaired) electrons. The van der Waals surface area contributed by atoms with Crippen LogP contribution in [0.3, 0.4) is 0 Å². The molecule has 1 aromatic rings. The van der Waals surface area contributed by atoms with Crippen LogP contribution in [0.15, 0.2) is 10.2 Å². The second kappa shape index (κ2) is 7.58. The maximum Gasteiger partial charge on any atom is 0.304 e. The SMILES string of the molecule is COCCOCCNCc1csc(=O)[nH]1. The molecule has 0 aliphatic rings. The van der Waals surface area contributed by atoms with Crippen molar-refractivity contribution >= 4 is 11.3 Å². The molecule has 1 aromatic heterocycles. The van der Waals surface area contributed by atoms with Gasteiger partial charge in [0.1, 0.15) is 0 Å². The van der Waals surface area contributed by atoms with E-state index in [1.54, 1.807) is 7.11 Å². The molecule has 0 aromatic carbocycles. The average molecular weight is 232 g/mol. The van der Waals surface area contributed by atoms with Crippen molar-refractivity contribution in [3.8, 4) is 0 Å². The first-order valence-corrected chi connectivity index (χ1v) is 5.65. The Balaban J connectivity index is 1.95. The molecule has 0 saturated heterocycles. The number of thiazole rings is 1. The Labute approximate surface area is 92.4 Å². The minimum absolute atomic E-state index is 0.0110. The van der Waals surface area contributed by atoms with Gasteiger partial charge in [0.15, 0.2) is 0 Å². The largest absolute Gasteiger partial charge is 0.382 e. The molecule has 0 bridgehead atoms. The van der Waals surface area contributed by atoms with Crippen molar-refractivity contribution in [1.29, 1.82) is 0 Å². The standard InChI is InChI=1S/C9H16N2O3S/c1-13-4-5-14-3-2-10-6-8-7-15-9(12)11-8/h7,10H,2-6H2,1H3,(H,11,12). The van der Waals surface area contributed by atoms with E-state index in [0.717, 1.165) is 12.2 Å². The number of ether oxygens (including phenoxy) is 2. The van der Waals surface area contributed by atoms with Gasteiger partial charge in [-0.1, -0.05) is 11.3 Å². The van der Waals surface area contributed by atoms with E-state index >= 15 is 0 Å². The smallest absolute Gasteiger partial charge is 0.304 e. The monoisotopic (exact) mass is 232 g/mol. The lowest BCUT2D eigenvalue weighted by atomic mass is 10.5. The zero-order valence-corrected chi connectivity index (χ0v) is 9.56. The third kappa shape index (κ3) is 5.68. The van der Waals surface area contributed by atoms with Crippen molar-refractivity contribution < 1.29 is 9.47 Å². The molecule has 15 heavy (non-hydrogen) atoms. The first-order chi connectivity index (χ1) is 7.33. The molecule has 0 saturated carbocycles. The third-order valence-corrected chi connectivity index (χ3v) is 2.46. The fourth-order valence-electron chi connectivity index (χ4n) is 1.01. The highest BCUT2D eigenvalue weighted by molar-refractivity contribution is 7.07. The number of aromatic nitrogens is 1. The summed E-state index contributed by atoms with van der Waals surface area (Å²) in [5.74, 6) is 0. The molecule has 86 valence electrons. The molecule has 0 fully saturated rings. The van der Waals surface area contributed by atoms with Crippen molar-refractivity contribution in [2.75, 3.05) is 33.5 Å². The summed E-state index contributed by atoms with van der Waals surface area (Å²) in [6.45, 7) is 3.33. The summed E-state index contributed by atoms with van der Waals surface area (Å²) in [6.07, 6.45) is 0. The Morgan fingerprint density at radius 1 is 1.47 bits per heavy atom. The fourth-order valence-corrected chi connectivity index (χ4v) is 1.59. The zero-order chi connectivity index (χ0) is 10.9. The minimum Gasteiger partial charge on any atom is -0.382 e. The number of hydrogen-bond acceptors (Lipinski definition) is 5. The van der Waals surface area contributed by atoms with Gasteiger partial charge in [0.05, 0.1) is 19.8 Å². The first-order valence-electron chi connectivity index (χ1n) is 4.77. The Morgan fingerprint density at radius 3 is 3.00 bits per heavy atom. The topological polar surface area (TPSA) is 63.4 Å². The predicted octanol–water partition coefficient (Wildman–Crippen LogP) is 0.189. The number of methoxy groups -OCH3 is 1. The van der Waals surface area contributed by atoms with Crippen molar-refractivity contribution in [2.45, 2.75) is 6.54 Å². The minimum atomic E-state index is -0.0110. The van der Waals surface area contributed by atoms with Gasteiger partial charge in [-0.05, 0) is 0 Å². The summed E-state index contributed by atoms with van der Waals surface area (Å²) < 4.78 is 10.1. The quantitative estimate of drug-likeness (QED) is 0.628. The van der Waals surface area contributed by atoms with Gasteiger partial charge in [-0.25, -0.2) is 0 Å². The van der Waals surface area contributed by atoms with E-state index in [1.165, 1.54) is 11.3 Å². The highest BCUT2D eigenvalue weighted by atomic mass is 32.1. The van der Waals surface area contributed by atoms with Crippen LogP contribution < -0.4 is 10.2 Å². The summed E-state index contributed by atoms with van der Waals surface area (Å²) in [5.41, 5.74) is 0.918. The molecular formula is C9H16N2O3S. The van der Waals surface area contributed by atoms with Crippen LogP contribution in [-0.2, 0) is 16.0 Å². The lowest BCUT2D eigenvalue weighted by Gasteiger charge is -2.04. The molecule has 1 rings (SSSR count). The molecular weight excluding hydrogens is 216 g/mol. The van der Waals surface area contributed by atoms with Gasteiger partial charge in [0.25, 0.3) is 0 Å². The summed E-state index contributed by atoms with van der Waals surface area (Å²) in [7, 11) is 1.65. The van der Waals surface area contributed by atoms with Crippen molar-refractivity contribution in [1.82, 2.24) is 10.3 Å². The van der Waals surface area contributed by atoms with E-state index in [9.17, 15) is 4.79 Å². The van der Waals surface area contributed by atoms with E-state index in [1.807, 2.05) is 5.38 Å². The average Bonchev–Trinajstić information content (AvgIpc) is 2.63. The van der Waals surface area contributed by atoms with Crippen LogP contribution in [0.25, 0.3) is 0 Å². The van der Waals surface area contributed by atoms with Crippen molar-refractivity contribution in [3.63, 3.8) is 0 Å².